The molecule has 10 heteroatoms. The molecule has 0 saturated heterocycles. The summed E-state index contributed by atoms with van der Waals surface area (Å²) in [4.78, 5) is 8.94. The fraction of sp³-hybridized carbons (Fsp3) is 0.400. The third-order valence-corrected chi connectivity index (χ3v) is 7.59. The second kappa shape index (κ2) is 9.88. The molecule has 1 aliphatic carbocycles. The molecule has 4 N–H and O–H groups in total. The van der Waals surface area contributed by atoms with Crippen molar-refractivity contribution in [2.45, 2.75) is 32.6 Å². The van der Waals surface area contributed by atoms with Crippen LogP contribution in [0.4, 0.5) is 5.82 Å². The highest BCUT2D eigenvalue weighted by Gasteiger charge is 2.33. The molecule has 5 rings (SSSR count). The van der Waals surface area contributed by atoms with Crippen molar-refractivity contribution in [3.05, 3.63) is 55.0 Å². The Balaban J connectivity index is 1.28. The van der Waals surface area contributed by atoms with Gasteiger partial charge in [0.1, 0.15) is 6.20 Å². The van der Waals surface area contributed by atoms with Crippen LogP contribution in [0.3, 0.4) is 0 Å². The molecule has 3 aromatic heterocycles. The zero-order valence-corrected chi connectivity index (χ0v) is 20.5. The highest BCUT2D eigenvalue weighted by atomic mass is 32.2. The Labute approximate surface area is 205 Å². The third kappa shape index (κ3) is 5.29. The van der Waals surface area contributed by atoms with Crippen molar-refractivity contribution in [1.82, 2.24) is 15.1 Å². The Bertz CT molecular complexity index is 1430. The Morgan fingerprint density at radius 2 is 2.03 bits per heavy atom. The van der Waals surface area contributed by atoms with Crippen LogP contribution in [-0.2, 0) is 14.5 Å². The summed E-state index contributed by atoms with van der Waals surface area (Å²) in [5.41, 5.74) is 2.81. The van der Waals surface area contributed by atoms with E-state index in [9.17, 15) is 8.42 Å². The molecule has 3 heterocycles. The smallest absolute Gasteiger partial charge is 0.304 e. The molecule has 1 fully saturated rings. The fourth-order valence-electron chi connectivity index (χ4n) is 5.45. The molecule has 0 unspecified atom stereocenters. The molecule has 184 valence electrons. The van der Waals surface area contributed by atoms with Crippen LogP contribution in [0.25, 0.3) is 27.7 Å². The van der Waals surface area contributed by atoms with Crippen molar-refractivity contribution >= 4 is 32.5 Å². The number of rotatable bonds is 9. The predicted octanol–water partition coefficient (Wildman–Crippen LogP) is 3.44. The van der Waals surface area contributed by atoms with E-state index in [2.05, 4.69) is 39.4 Å². The van der Waals surface area contributed by atoms with Gasteiger partial charge in [-0.1, -0.05) is 37.6 Å². The number of nitrogens with two attached hydrogens (primary N) is 1. The first-order chi connectivity index (χ1) is 16.9. The molecule has 4 aromatic rings. The van der Waals surface area contributed by atoms with Crippen molar-refractivity contribution in [1.29, 1.82) is 0 Å². The second-order valence-corrected chi connectivity index (χ2v) is 10.6. The van der Waals surface area contributed by atoms with E-state index in [1.54, 1.807) is 0 Å². The van der Waals surface area contributed by atoms with Crippen molar-refractivity contribution < 1.29 is 17.1 Å². The summed E-state index contributed by atoms with van der Waals surface area (Å²) in [6, 6.07) is 12.2. The molecular formula is C25H31N6O3S+. The van der Waals surface area contributed by atoms with Crippen molar-refractivity contribution in [3.63, 3.8) is 0 Å². The van der Waals surface area contributed by atoms with Gasteiger partial charge in [0.2, 0.25) is 5.82 Å². The van der Waals surface area contributed by atoms with E-state index in [4.69, 9.17) is 9.32 Å². The maximum absolute atomic E-state index is 11.1. The van der Waals surface area contributed by atoms with Gasteiger partial charge < -0.3 is 5.32 Å². The van der Waals surface area contributed by atoms with Crippen LogP contribution in [0.15, 0.2) is 55.0 Å². The monoisotopic (exact) mass is 495 g/mol. The van der Waals surface area contributed by atoms with Gasteiger partial charge in [0.25, 0.3) is 5.65 Å². The number of benzene rings is 1. The van der Waals surface area contributed by atoms with Gasteiger partial charge in [-0.3, -0.25) is 9.17 Å². The van der Waals surface area contributed by atoms with Crippen LogP contribution < -0.4 is 15.0 Å². The molecular weight excluding hydrogens is 464 g/mol. The number of aromatic nitrogens is 4. The van der Waals surface area contributed by atoms with E-state index in [-0.39, 0.29) is 12.5 Å². The first-order valence-electron chi connectivity index (χ1n) is 12.0. The molecule has 1 aromatic carbocycles. The first-order valence-corrected chi connectivity index (χ1v) is 13.5. The molecule has 1 saturated carbocycles. The number of nitrogens with one attached hydrogen (secondary N) is 2. The lowest BCUT2D eigenvalue weighted by atomic mass is 9.91. The number of fused-ring (bicyclic) bond motifs is 2. The predicted molar refractivity (Wildman–Crippen MR) is 135 cm³/mol. The quantitative estimate of drug-likeness (QED) is 0.305. The molecule has 0 aliphatic heterocycles. The van der Waals surface area contributed by atoms with E-state index >= 15 is 0 Å². The van der Waals surface area contributed by atoms with E-state index < -0.39 is 10.3 Å². The Morgan fingerprint density at radius 3 is 2.86 bits per heavy atom. The average Bonchev–Trinajstić information content (AvgIpc) is 3.46. The van der Waals surface area contributed by atoms with Gasteiger partial charge in [0.15, 0.2) is 0 Å². The first kappa shape index (κ1) is 23.7. The largest absolute Gasteiger partial charge is 0.333 e. The van der Waals surface area contributed by atoms with Crippen LogP contribution in [0.2, 0.25) is 0 Å². The Hall–Kier alpha value is -3.08. The van der Waals surface area contributed by atoms with E-state index in [0.29, 0.717) is 11.8 Å². The molecule has 1 aliphatic rings. The van der Waals surface area contributed by atoms with Crippen molar-refractivity contribution in [2.75, 3.05) is 18.5 Å². The van der Waals surface area contributed by atoms with Gasteiger partial charge in [-0.2, -0.15) is 8.42 Å². The molecule has 0 spiro atoms. The van der Waals surface area contributed by atoms with Gasteiger partial charge in [-0.05, 0) is 42.4 Å². The minimum Gasteiger partial charge on any atom is -0.304 e. The van der Waals surface area contributed by atoms with Crippen LogP contribution in [0.5, 0.6) is 0 Å². The summed E-state index contributed by atoms with van der Waals surface area (Å²) in [6.45, 7) is 3.17. The van der Waals surface area contributed by atoms with Gasteiger partial charge in [0, 0.05) is 35.5 Å². The Morgan fingerprint density at radius 1 is 1.20 bits per heavy atom. The number of H-pyrrole nitrogens is 1. The lowest BCUT2D eigenvalue weighted by Gasteiger charge is -2.16. The second-order valence-electron chi connectivity index (χ2n) is 9.36. The summed E-state index contributed by atoms with van der Waals surface area (Å²) in [7, 11) is -3.89. The van der Waals surface area contributed by atoms with Crippen molar-refractivity contribution in [3.8, 4) is 11.3 Å². The normalized spacial score (nSPS) is 20.6. The average molecular weight is 496 g/mol. The summed E-state index contributed by atoms with van der Waals surface area (Å²) in [5, 5.41) is 14.3. The molecule has 3 atom stereocenters. The lowest BCUT2D eigenvalue weighted by Crippen LogP contribution is -2.30. The number of nitrogens with zero attached hydrogens (tertiary/aromatic N) is 3. The van der Waals surface area contributed by atoms with E-state index in [1.165, 1.54) is 0 Å². The summed E-state index contributed by atoms with van der Waals surface area (Å²) >= 11 is 0. The summed E-state index contributed by atoms with van der Waals surface area (Å²) in [5.74, 6) is 2.25. The van der Waals surface area contributed by atoms with Crippen LogP contribution in [0, 0.1) is 17.8 Å². The summed E-state index contributed by atoms with van der Waals surface area (Å²) < 4.78 is 29.1. The Kier molecular flexibility index (Phi) is 6.68. The SMILES string of the molecule is CC[C@@H]1C[C@@H](COS(N)(=O)=O)C[C@H]1CCNc1ccnc2cc(-c3cncc4ccccc34)[nH][n+]12. The number of hydrogen-bond acceptors (Lipinski definition) is 6. The minimum absolute atomic E-state index is 0.175. The standard InChI is InChI=1S/C25H30N6O3S/c1-2-18-11-17(16-34-35(26,32)33)12-19(18)7-9-28-24-8-10-29-25-13-23(30-31(24)25)22-15-27-14-20-5-3-4-6-21(20)22/h3-6,8,10,13-15,17-19H,2,7,9,11-12,16H2,1H3,(H3,26,28,29,30,32,33)/p+1/t17-,18-,19-/m1/s1. The number of aromatic amines is 1. The van der Waals surface area contributed by atoms with Gasteiger partial charge in [0.05, 0.1) is 18.8 Å². The van der Waals surface area contributed by atoms with Crippen molar-refractivity contribution in [2.24, 2.45) is 22.9 Å². The highest BCUT2D eigenvalue weighted by molar-refractivity contribution is 7.84. The maximum Gasteiger partial charge on any atom is 0.333 e. The number of pyridine rings is 1. The van der Waals surface area contributed by atoms with E-state index in [1.807, 2.05) is 47.4 Å². The minimum atomic E-state index is -3.89. The molecule has 35 heavy (non-hydrogen) atoms. The third-order valence-electron chi connectivity index (χ3n) is 7.13. The zero-order valence-electron chi connectivity index (χ0n) is 19.7. The van der Waals surface area contributed by atoms with Gasteiger partial charge in [-0.15, -0.1) is 9.50 Å². The summed E-state index contributed by atoms with van der Waals surface area (Å²) in [6.07, 6.45) is 9.56. The van der Waals surface area contributed by atoms with E-state index in [0.717, 1.165) is 65.7 Å². The molecule has 0 radical (unpaired) electrons. The van der Waals surface area contributed by atoms with Gasteiger partial charge in [-0.25, -0.2) is 10.2 Å². The lowest BCUT2D eigenvalue weighted by molar-refractivity contribution is -0.563. The number of hydrogen-bond donors (Lipinski definition) is 3. The maximum atomic E-state index is 11.1. The van der Waals surface area contributed by atoms with Crippen LogP contribution in [-0.4, -0.2) is 36.6 Å². The fourth-order valence-corrected chi connectivity index (χ4v) is 5.83. The molecule has 0 amide bonds. The van der Waals surface area contributed by atoms with Gasteiger partial charge >= 0.3 is 10.3 Å². The van der Waals surface area contributed by atoms with Crippen LogP contribution in [0.1, 0.15) is 32.6 Å². The van der Waals surface area contributed by atoms with Crippen LogP contribution >= 0.6 is 0 Å². The highest BCUT2D eigenvalue weighted by Crippen LogP contribution is 2.40. The molecule has 9 nitrogen and oxygen atoms in total. The number of anilines is 1. The molecule has 0 bridgehead atoms. The zero-order chi connectivity index (χ0) is 24.4. The topological polar surface area (TPSA) is 127 Å².